The van der Waals surface area contributed by atoms with Crippen molar-refractivity contribution in [1.82, 2.24) is 10.3 Å². The van der Waals surface area contributed by atoms with Crippen molar-refractivity contribution in [3.8, 4) is 5.75 Å². The average Bonchev–Trinajstić information content (AvgIpc) is 2.94. The van der Waals surface area contributed by atoms with Crippen molar-refractivity contribution in [1.29, 1.82) is 0 Å². The molecule has 110 valence electrons. The van der Waals surface area contributed by atoms with E-state index in [1.165, 1.54) is 12.3 Å². The Morgan fingerprint density at radius 3 is 3.00 bits per heavy atom. The molecular formula is C16H16ClFN2O. The predicted octanol–water partition coefficient (Wildman–Crippen LogP) is 3.31. The number of ether oxygens (including phenoxy) is 1. The molecule has 0 bridgehead atoms. The summed E-state index contributed by atoms with van der Waals surface area (Å²) in [5, 5.41) is 3.93. The lowest BCUT2D eigenvalue weighted by molar-refractivity contribution is 0.352. The van der Waals surface area contributed by atoms with E-state index < -0.39 is 0 Å². The molecule has 0 spiro atoms. The number of fused-ring (bicyclic) bond motifs is 1. The van der Waals surface area contributed by atoms with Crippen LogP contribution in [-0.4, -0.2) is 18.6 Å². The zero-order valence-corrected chi connectivity index (χ0v) is 12.5. The summed E-state index contributed by atoms with van der Waals surface area (Å²) in [5.74, 6) is 0.599. The van der Waals surface area contributed by atoms with E-state index in [0.717, 1.165) is 34.0 Å². The minimum Gasteiger partial charge on any atom is -0.493 e. The zero-order chi connectivity index (χ0) is 14.8. The van der Waals surface area contributed by atoms with Gasteiger partial charge in [-0.25, -0.2) is 4.39 Å². The van der Waals surface area contributed by atoms with Gasteiger partial charge in [0.25, 0.3) is 0 Å². The molecule has 1 unspecified atom stereocenters. The molecule has 5 heteroatoms. The Labute approximate surface area is 128 Å². The number of pyridine rings is 1. The van der Waals surface area contributed by atoms with E-state index in [0.29, 0.717) is 13.0 Å². The van der Waals surface area contributed by atoms with Crippen LogP contribution < -0.4 is 10.1 Å². The first kappa shape index (κ1) is 14.3. The Bertz CT molecular complexity index is 645. The standard InChI is InChI=1S/C16H16ClFN2O/c1-19-15(14-3-2-13(18)9-20-14)8-11-7-12(17)6-10-4-5-21-16(10)11/h2-3,6-7,9,15,19H,4-5,8H2,1H3. The quantitative estimate of drug-likeness (QED) is 0.941. The van der Waals surface area contributed by atoms with Gasteiger partial charge in [-0.2, -0.15) is 0 Å². The second kappa shape index (κ2) is 6.00. The van der Waals surface area contributed by atoms with Crippen LogP contribution in [0.5, 0.6) is 5.75 Å². The van der Waals surface area contributed by atoms with Crippen LogP contribution in [0.1, 0.15) is 22.9 Å². The molecule has 21 heavy (non-hydrogen) atoms. The van der Waals surface area contributed by atoms with E-state index in [2.05, 4.69) is 10.3 Å². The highest BCUT2D eigenvalue weighted by atomic mass is 35.5. The molecule has 1 aliphatic heterocycles. The maximum Gasteiger partial charge on any atom is 0.141 e. The fourth-order valence-corrected chi connectivity index (χ4v) is 2.93. The van der Waals surface area contributed by atoms with Crippen LogP contribution in [0, 0.1) is 5.82 Å². The van der Waals surface area contributed by atoms with Crippen molar-refractivity contribution in [3.63, 3.8) is 0 Å². The largest absolute Gasteiger partial charge is 0.493 e. The third-order valence-corrected chi connectivity index (χ3v) is 3.92. The Kier molecular flexibility index (Phi) is 4.08. The molecule has 0 amide bonds. The summed E-state index contributed by atoms with van der Waals surface area (Å²) in [6, 6.07) is 6.99. The molecular weight excluding hydrogens is 291 g/mol. The van der Waals surface area contributed by atoms with Crippen molar-refractivity contribution >= 4 is 11.6 Å². The molecule has 1 N–H and O–H groups in total. The number of aromatic nitrogens is 1. The van der Waals surface area contributed by atoms with Crippen LogP contribution in [0.25, 0.3) is 0 Å². The first-order valence-electron chi connectivity index (χ1n) is 6.90. The Morgan fingerprint density at radius 2 is 2.29 bits per heavy atom. The van der Waals surface area contributed by atoms with Gasteiger partial charge in [0.05, 0.1) is 24.5 Å². The first-order valence-corrected chi connectivity index (χ1v) is 7.28. The SMILES string of the molecule is CNC(Cc1cc(Cl)cc2c1OCC2)c1ccc(F)cn1. The number of hydrogen-bond acceptors (Lipinski definition) is 3. The molecule has 0 radical (unpaired) electrons. The zero-order valence-electron chi connectivity index (χ0n) is 11.7. The highest BCUT2D eigenvalue weighted by Crippen LogP contribution is 2.35. The monoisotopic (exact) mass is 306 g/mol. The summed E-state index contributed by atoms with van der Waals surface area (Å²) in [4.78, 5) is 4.15. The average molecular weight is 307 g/mol. The fourth-order valence-electron chi connectivity index (χ4n) is 2.67. The van der Waals surface area contributed by atoms with E-state index in [4.69, 9.17) is 16.3 Å². The maximum absolute atomic E-state index is 13.0. The molecule has 1 aliphatic rings. The van der Waals surface area contributed by atoms with Crippen LogP contribution in [-0.2, 0) is 12.8 Å². The van der Waals surface area contributed by atoms with E-state index in [9.17, 15) is 4.39 Å². The molecule has 3 rings (SSSR count). The summed E-state index contributed by atoms with van der Waals surface area (Å²) in [7, 11) is 1.86. The first-order chi connectivity index (χ1) is 10.2. The highest BCUT2D eigenvalue weighted by molar-refractivity contribution is 6.30. The molecule has 0 aliphatic carbocycles. The van der Waals surface area contributed by atoms with Crippen LogP contribution in [0.2, 0.25) is 5.02 Å². The third kappa shape index (κ3) is 3.01. The Hall–Kier alpha value is -1.65. The van der Waals surface area contributed by atoms with Gasteiger partial charge in [-0.15, -0.1) is 0 Å². The minimum atomic E-state index is -0.333. The number of likely N-dealkylation sites (N-methyl/N-ethyl adjacent to an activating group) is 1. The summed E-state index contributed by atoms with van der Waals surface area (Å²) in [6.45, 7) is 0.696. The Balaban J connectivity index is 1.89. The van der Waals surface area contributed by atoms with Crippen molar-refractivity contribution in [3.05, 3.63) is 58.1 Å². The lowest BCUT2D eigenvalue weighted by atomic mass is 9.99. The molecule has 0 fully saturated rings. The number of halogens is 2. The van der Waals surface area contributed by atoms with Gasteiger partial charge in [0.2, 0.25) is 0 Å². The van der Waals surface area contributed by atoms with Crippen LogP contribution in [0.4, 0.5) is 4.39 Å². The number of nitrogens with one attached hydrogen (secondary N) is 1. The topological polar surface area (TPSA) is 34.1 Å². The summed E-state index contributed by atoms with van der Waals surface area (Å²) >= 11 is 6.18. The van der Waals surface area contributed by atoms with Gasteiger partial charge in [-0.3, -0.25) is 4.98 Å². The predicted molar refractivity (Wildman–Crippen MR) is 80.4 cm³/mol. The second-order valence-electron chi connectivity index (χ2n) is 5.10. The highest BCUT2D eigenvalue weighted by Gasteiger charge is 2.21. The van der Waals surface area contributed by atoms with Crippen molar-refractivity contribution in [2.24, 2.45) is 0 Å². The van der Waals surface area contributed by atoms with Gasteiger partial charge in [-0.05, 0) is 48.9 Å². The molecule has 2 heterocycles. The summed E-state index contributed by atoms with van der Waals surface area (Å²) in [5.41, 5.74) is 3.01. The molecule has 1 aromatic carbocycles. The van der Waals surface area contributed by atoms with E-state index in [-0.39, 0.29) is 11.9 Å². The van der Waals surface area contributed by atoms with Gasteiger partial charge in [0.15, 0.2) is 0 Å². The van der Waals surface area contributed by atoms with Gasteiger partial charge in [0, 0.05) is 11.4 Å². The lowest BCUT2D eigenvalue weighted by Crippen LogP contribution is -2.20. The maximum atomic E-state index is 13.0. The number of benzene rings is 1. The molecule has 3 nitrogen and oxygen atoms in total. The van der Waals surface area contributed by atoms with Gasteiger partial charge in [0.1, 0.15) is 11.6 Å². The molecule has 1 aromatic heterocycles. The number of rotatable bonds is 4. The van der Waals surface area contributed by atoms with E-state index in [1.807, 2.05) is 19.2 Å². The number of hydrogen-bond donors (Lipinski definition) is 1. The Morgan fingerprint density at radius 1 is 1.43 bits per heavy atom. The van der Waals surface area contributed by atoms with Crippen LogP contribution >= 0.6 is 11.6 Å². The van der Waals surface area contributed by atoms with Crippen molar-refractivity contribution in [2.75, 3.05) is 13.7 Å². The molecule has 2 aromatic rings. The van der Waals surface area contributed by atoms with Gasteiger partial charge >= 0.3 is 0 Å². The van der Waals surface area contributed by atoms with E-state index >= 15 is 0 Å². The summed E-state index contributed by atoms with van der Waals surface area (Å²) < 4.78 is 18.7. The van der Waals surface area contributed by atoms with Crippen LogP contribution in [0.15, 0.2) is 30.5 Å². The van der Waals surface area contributed by atoms with Crippen molar-refractivity contribution in [2.45, 2.75) is 18.9 Å². The number of nitrogens with zero attached hydrogens (tertiary/aromatic N) is 1. The normalized spacial score (nSPS) is 14.6. The second-order valence-corrected chi connectivity index (χ2v) is 5.53. The van der Waals surface area contributed by atoms with Crippen LogP contribution in [0.3, 0.4) is 0 Å². The minimum absolute atomic E-state index is 0.0163. The van der Waals surface area contributed by atoms with E-state index in [1.54, 1.807) is 6.07 Å². The van der Waals surface area contributed by atoms with Crippen molar-refractivity contribution < 1.29 is 9.13 Å². The molecule has 1 atom stereocenters. The molecule has 0 saturated carbocycles. The molecule has 0 saturated heterocycles. The lowest BCUT2D eigenvalue weighted by Gasteiger charge is -2.17. The third-order valence-electron chi connectivity index (χ3n) is 3.71. The summed E-state index contributed by atoms with van der Waals surface area (Å²) in [6.07, 6.45) is 2.82. The fraction of sp³-hybridized carbons (Fsp3) is 0.312. The van der Waals surface area contributed by atoms with Gasteiger partial charge < -0.3 is 10.1 Å². The van der Waals surface area contributed by atoms with Gasteiger partial charge in [-0.1, -0.05) is 11.6 Å². The smallest absolute Gasteiger partial charge is 0.141 e.